The van der Waals surface area contributed by atoms with Gasteiger partial charge in [0, 0.05) is 7.11 Å². The molecule has 0 saturated heterocycles. The van der Waals surface area contributed by atoms with E-state index in [1.54, 1.807) is 25.3 Å². The van der Waals surface area contributed by atoms with Crippen LogP contribution >= 0.6 is 0 Å². The molecular weight excluding hydrogens is 316 g/mol. The van der Waals surface area contributed by atoms with Crippen molar-refractivity contribution in [2.24, 2.45) is 11.8 Å². The number of nitrogens with zero attached hydrogens (tertiary/aromatic N) is 1. The molecule has 2 rings (SSSR count). The van der Waals surface area contributed by atoms with E-state index >= 15 is 0 Å². The summed E-state index contributed by atoms with van der Waals surface area (Å²) in [6.07, 6.45) is 3.49. The number of benzene rings is 1. The van der Waals surface area contributed by atoms with E-state index in [2.05, 4.69) is 32.2 Å². The summed E-state index contributed by atoms with van der Waals surface area (Å²) < 4.78 is 11.3. The summed E-state index contributed by atoms with van der Waals surface area (Å²) in [6, 6.07) is 7.31. The molecular formula is C20H28N2O3. The second kappa shape index (κ2) is 8.35. The van der Waals surface area contributed by atoms with E-state index in [1.807, 2.05) is 0 Å². The molecule has 0 radical (unpaired) electrons. The van der Waals surface area contributed by atoms with Gasteiger partial charge in [-0.05, 0) is 49.3 Å². The fourth-order valence-electron chi connectivity index (χ4n) is 3.30. The predicted octanol–water partition coefficient (Wildman–Crippen LogP) is 4.13. The number of anilines is 1. The van der Waals surface area contributed by atoms with Crippen LogP contribution in [0.5, 0.6) is 5.75 Å². The van der Waals surface area contributed by atoms with Crippen molar-refractivity contribution in [3.05, 3.63) is 23.8 Å². The van der Waals surface area contributed by atoms with E-state index in [0.717, 1.165) is 12.8 Å². The summed E-state index contributed by atoms with van der Waals surface area (Å²) in [5.74, 6) is 1.31. The second-order valence-electron chi connectivity index (χ2n) is 7.38. The molecule has 1 aromatic rings. The van der Waals surface area contributed by atoms with Crippen LogP contribution in [-0.2, 0) is 9.53 Å². The molecule has 1 saturated carbocycles. The highest BCUT2D eigenvalue weighted by molar-refractivity contribution is 5.98. The normalized spacial score (nSPS) is 23.1. The number of hydrogen-bond donors (Lipinski definition) is 1. The number of carbonyl (C=O) groups is 1. The lowest BCUT2D eigenvalue weighted by molar-refractivity contribution is -0.143. The number of rotatable bonds is 6. The fraction of sp³-hybridized carbons (Fsp3) is 0.600. The fourth-order valence-corrected chi connectivity index (χ4v) is 3.30. The molecule has 0 bridgehead atoms. The van der Waals surface area contributed by atoms with Crippen LogP contribution in [0, 0.1) is 23.2 Å². The molecule has 0 aliphatic heterocycles. The Morgan fingerprint density at radius 2 is 2.24 bits per heavy atom. The molecule has 1 aliphatic rings. The third-order valence-electron chi connectivity index (χ3n) is 4.70. The monoisotopic (exact) mass is 344 g/mol. The number of methoxy groups -OCH3 is 1. The quantitative estimate of drug-likeness (QED) is 0.842. The largest absolute Gasteiger partial charge is 0.493 e. The molecule has 5 heteroatoms. The Bertz CT molecular complexity index is 651. The van der Waals surface area contributed by atoms with Gasteiger partial charge < -0.3 is 14.8 Å². The first-order valence-corrected chi connectivity index (χ1v) is 8.93. The highest BCUT2D eigenvalue weighted by Crippen LogP contribution is 2.36. The summed E-state index contributed by atoms with van der Waals surface area (Å²) in [4.78, 5) is 12.9. The van der Waals surface area contributed by atoms with Crippen LogP contribution in [-0.4, -0.2) is 25.2 Å². The lowest BCUT2D eigenvalue weighted by Gasteiger charge is -2.37. The minimum Gasteiger partial charge on any atom is -0.493 e. The average molecular weight is 344 g/mol. The van der Waals surface area contributed by atoms with Crippen LogP contribution in [0.4, 0.5) is 5.69 Å². The summed E-state index contributed by atoms with van der Waals surface area (Å²) in [7, 11) is 1.59. The van der Waals surface area contributed by atoms with E-state index in [1.165, 1.54) is 0 Å². The third-order valence-corrected chi connectivity index (χ3v) is 4.70. The van der Waals surface area contributed by atoms with Crippen LogP contribution in [0.1, 0.15) is 52.0 Å². The first kappa shape index (κ1) is 19.3. The maximum Gasteiger partial charge on any atom is 0.256 e. The van der Waals surface area contributed by atoms with E-state index in [9.17, 15) is 10.1 Å². The summed E-state index contributed by atoms with van der Waals surface area (Å²) in [5, 5.41) is 12.3. The molecule has 2 atom stereocenters. The van der Waals surface area contributed by atoms with E-state index < -0.39 is 5.60 Å². The number of nitriles is 1. The zero-order valence-corrected chi connectivity index (χ0v) is 15.6. The first-order chi connectivity index (χ1) is 11.9. The molecule has 136 valence electrons. The Balaban J connectivity index is 2.15. The van der Waals surface area contributed by atoms with E-state index in [-0.39, 0.29) is 5.91 Å². The van der Waals surface area contributed by atoms with Gasteiger partial charge >= 0.3 is 0 Å². The lowest BCUT2D eigenvalue weighted by Crippen LogP contribution is -2.48. The summed E-state index contributed by atoms with van der Waals surface area (Å²) in [6.45, 7) is 6.85. The van der Waals surface area contributed by atoms with Crippen molar-refractivity contribution in [2.75, 3.05) is 19.0 Å². The van der Waals surface area contributed by atoms with Crippen molar-refractivity contribution in [3.63, 3.8) is 0 Å². The van der Waals surface area contributed by atoms with E-state index in [0.29, 0.717) is 48.3 Å². The van der Waals surface area contributed by atoms with Crippen molar-refractivity contribution in [1.29, 1.82) is 5.26 Å². The standard InChI is InChI=1S/C20H28N2O3/c1-14(2)13-25-17-7-8-18(16(10-17)12-21)22-19(23)20(24-4)9-5-6-15(3)11-20/h7-8,10,14-15H,5-6,9,11,13H2,1-4H3,(H,22,23). The second-order valence-corrected chi connectivity index (χ2v) is 7.38. The van der Waals surface area contributed by atoms with Gasteiger partial charge in [-0.15, -0.1) is 0 Å². The van der Waals surface area contributed by atoms with Crippen molar-refractivity contribution in [2.45, 2.75) is 52.1 Å². The van der Waals surface area contributed by atoms with Gasteiger partial charge in [-0.1, -0.05) is 27.2 Å². The van der Waals surface area contributed by atoms with Crippen LogP contribution < -0.4 is 10.1 Å². The van der Waals surface area contributed by atoms with Gasteiger partial charge in [0.25, 0.3) is 5.91 Å². The molecule has 1 N–H and O–H groups in total. The molecule has 0 spiro atoms. The SMILES string of the molecule is COC1(C(=O)Nc2ccc(OCC(C)C)cc2C#N)CCCC(C)C1. The van der Waals surface area contributed by atoms with Crippen LogP contribution in [0.25, 0.3) is 0 Å². The Morgan fingerprint density at radius 1 is 1.48 bits per heavy atom. The van der Waals surface area contributed by atoms with Crippen molar-refractivity contribution >= 4 is 11.6 Å². The Morgan fingerprint density at radius 3 is 2.84 bits per heavy atom. The van der Waals surface area contributed by atoms with E-state index in [4.69, 9.17) is 9.47 Å². The molecule has 2 unspecified atom stereocenters. The molecule has 1 aromatic carbocycles. The van der Waals surface area contributed by atoms with Gasteiger partial charge in [-0.3, -0.25) is 4.79 Å². The van der Waals surface area contributed by atoms with Gasteiger partial charge in [0.1, 0.15) is 17.4 Å². The van der Waals surface area contributed by atoms with Gasteiger partial charge in [-0.2, -0.15) is 5.26 Å². The first-order valence-electron chi connectivity index (χ1n) is 8.93. The zero-order valence-electron chi connectivity index (χ0n) is 15.6. The maximum absolute atomic E-state index is 12.9. The molecule has 1 aliphatic carbocycles. The molecule has 1 fully saturated rings. The van der Waals surface area contributed by atoms with Crippen molar-refractivity contribution in [1.82, 2.24) is 0 Å². The zero-order chi connectivity index (χ0) is 18.4. The van der Waals surface area contributed by atoms with Crippen LogP contribution in [0.2, 0.25) is 0 Å². The molecule has 0 aromatic heterocycles. The number of nitrogens with one attached hydrogen (secondary N) is 1. The smallest absolute Gasteiger partial charge is 0.256 e. The summed E-state index contributed by atoms with van der Waals surface area (Å²) >= 11 is 0. The van der Waals surface area contributed by atoms with Crippen LogP contribution in [0.3, 0.4) is 0 Å². The van der Waals surface area contributed by atoms with Crippen molar-refractivity contribution < 1.29 is 14.3 Å². The number of carbonyl (C=O) groups excluding carboxylic acids is 1. The topological polar surface area (TPSA) is 71.3 Å². The Hall–Kier alpha value is -2.06. The molecule has 1 amide bonds. The molecule has 25 heavy (non-hydrogen) atoms. The minimum absolute atomic E-state index is 0.172. The Labute approximate surface area is 150 Å². The van der Waals surface area contributed by atoms with Gasteiger partial charge in [0.15, 0.2) is 0 Å². The minimum atomic E-state index is -0.808. The molecule has 0 heterocycles. The number of amides is 1. The maximum atomic E-state index is 12.9. The summed E-state index contributed by atoms with van der Waals surface area (Å²) in [5.41, 5.74) is 0.0840. The highest BCUT2D eigenvalue weighted by atomic mass is 16.5. The number of ether oxygens (including phenoxy) is 2. The van der Waals surface area contributed by atoms with Gasteiger partial charge in [0.2, 0.25) is 0 Å². The number of hydrogen-bond acceptors (Lipinski definition) is 4. The van der Waals surface area contributed by atoms with Gasteiger partial charge in [-0.25, -0.2) is 0 Å². The predicted molar refractivity (Wildman–Crippen MR) is 97.5 cm³/mol. The lowest BCUT2D eigenvalue weighted by atomic mass is 9.78. The van der Waals surface area contributed by atoms with Crippen molar-refractivity contribution in [3.8, 4) is 11.8 Å². The van der Waals surface area contributed by atoms with Gasteiger partial charge in [0.05, 0.1) is 17.9 Å². The highest BCUT2D eigenvalue weighted by Gasteiger charge is 2.42. The van der Waals surface area contributed by atoms with Crippen LogP contribution in [0.15, 0.2) is 18.2 Å². The third kappa shape index (κ3) is 4.73. The average Bonchev–Trinajstić information content (AvgIpc) is 2.60. The molecule has 5 nitrogen and oxygen atoms in total. The Kier molecular flexibility index (Phi) is 6.44.